The van der Waals surface area contributed by atoms with Crippen molar-refractivity contribution in [1.82, 2.24) is 0 Å². The van der Waals surface area contributed by atoms with Gasteiger partial charge in [-0.25, -0.2) is 8.42 Å². The summed E-state index contributed by atoms with van der Waals surface area (Å²) in [5.74, 6) is 1.34. The average Bonchev–Trinajstić information content (AvgIpc) is 2.29. The molecule has 1 aromatic rings. The lowest BCUT2D eigenvalue weighted by Gasteiger charge is -2.08. The number of ether oxygens (including phenoxy) is 1. The third-order valence-corrected chi connectivity index (χ3v) is 4.59. The maximum absolute atomic E-state index is 12.0. The molecule has 0 amide bonds. The quantitative estimate of drug-likeness (QED) is 0.593. The smallest absolute Gasteiger partial charge is 0.178 e. The highest BCUT2D eigenvalue weighted by molar-refractivity contribution is 7.91. The van der Waals surface area contributed by atoms with Crippen LogP contribution < -0.4 is 4.74 Å². The maximum atomic E-state index is 12.0. The molecule has 0 saturated heterocycles. The molecule has 0 aliphatic rings. The molecular formula is C12H17ClO3S. The van der Waals surface area contributed by atoms with E-state index in [-0.39, 0.29) is 5.75 Å². The summed E-state index contributed by atoms with van der Waals surface area (Å²) < 4.78 is 29.0. The van der Waals surface area contributed by atoms with Gasteiger partial charge in [0.15, 0.2) is 9.84 Å². The van der Waals surface area contributed by atoms with Gasteiger partial charge in [-0.2, -0.15) is 0 Å². The first-order valence-corrected chi connectivity index (χ1v) is 7.63. The molecule has 0 aliphatic carbocycles. The minimum absolute atomic E-state index is 0.144. The van der Waals surface area contributed by atoms with Gasteiger partial charge in [-0.15, -0.1) is 11.6 Å². The van der Waals surface area contributed by atoms with E-state index in [0.717, 1.165) is 12.0 Å². The monoisotopic (exact) mass is 276 g/mol. The van der Waals surface area contributed by atoms with E-state index in [4.69, 9.17) is 16.3 Å². The van der Waals surface area contributed by atoms with Gasteiger partial charge in [-0.3, -0.25) is 0 Å². The zero-order valence-electron chi connectivity index (χ0n) is 10.1. The molecule has 3 nitrogen and oxygen atoms in total. The van der Waals surface area contributed by atoms with Crippen LogP contribution in [0.15, 0.2) is 23.1 Å². The van der Waals surface area contributed by atoms with E-state index in [2.05, 4.69) is 0 Å². The minimum atomic E-state index is -3.19. The molecule has 0 bridgehead atoms. The Labute approximate surface area is 108 Å². The highest BCUT2D eigenvalue weighted by atomic mass is 35.5. The van der Waals surface area contributed by atoms with E-state index >= 15 is 0 Å². The number of sulfone groups is 1. The van der Waals surface area contributed by atoms with Crippen molar-refractivity contribution in [2.75, 3.05) is 18.7 Å². The Kier molecular flexibility index (Phi) is 5.28. The first kappa shape index (κ1) is 14.3. The van der Waals surface area contributed by atoms with Gasteiger partial charge >= 0.3 is 0 Å². The van der Waals surface area contributed by atoms with Crippen molar-refractivity contribution in [2.45, 2.75) is 24.7 Å². The Morgan fingerprint density at radius 1 is 1.29 bits per heavy atom. The van der Waals surface area contributed by atoms with Gasteiger partial charge in [-0.1, -0.05) is 0 Å². The van der Waals surface area contributed by atoms with Gasteiger partial charge in [0.25, 0.3) is 0 Å². The van der Waals surface area contributed by atoms with E-state index in [1.807, 2.05) is 6.92 Å². The lowest BCUT2D eigenvalue weighted by atomic mass is 10.2. The molecular weight excluding hydrogens is 260 g/mol. The summed E-state index contributed by atoms with van der Waals surface area (Å²) in [6.07, 6.45) is 1.31. The van der Waals surface area contributed by atoms with Crippen LogP contribution in [0.25, 0.3) is 0 Å². The van der Waals surface area contributed by atoms with E-state index in [9.17, 15) is 8.42 Å². The summed E-state index contributed by atoms with van der Waals surface area (Å²) in [7, 11) is -1.63. The Bertz CT molecular complexity index is 469. The van der Waals surface area contributed by atoms with Crippen LogP contribution in [-0.2, 0) is 9.84 Å². The molecule has 17 heavy (non-hydrogen) atoms. The largest absolute Gasteiger partial charge is 0.496 e. The number of alkyl halides is 1. The number of rotatable bonds is 6. The second-order valence-corrected chi connectivity index (χ2v) is 6.33. The molecule has 0 atom stereocenters. The molecule has 0 unspecified atom stereocenters. The first-order chi connectivity index (χ1) is 8.01. The summed E-state index contributed by atoms with van der Waals surface area (Å²) in [5.41, 5.74) is 0.825. The Morgan fingerprint density at radius 2 is 2.00 bits per heavy atom. The van der Waals surface area contributed by atoms with Gasteiger partial charge in [0, 0.05) is 5.88 Å². The number of benzene rings is 1. The van der Waals surface area contributed by atoms with E-state index in [1.165, 1.54) is 0 Å². The lowest BCUT2D eigenvalue weighted by molar-refractivity contribution is 0.411. The van der Waals surface area contributed by atoms with Crippen molar-refractivity contribution in [3.63, 3.8) is 0 Å². The number of halogens is 1. The number of methoxy groups -OCH3 is 1. The zero-order chi connectivity index (χ0) is 12.9. The molecule has 0 fully saturated rings. The van der Waals surface area contributed by atoms with Crippen molar-refractivity contribution in [2.24, 2.45) is 0 Å². The maximum Gasteiger partial charge on any atom is 0.178 e. The molecule has 0 aliphatic heterocycles. The van der Waals surface area contributed by atoms with Crippen molar-refractivity contribution < 1.29 is 13.2 Å². The number of aryl methyl sites for hydroxylation is 1. The fourth-order valence-corrected chi connectivity index (χ4v) is 3.19. The van der Waals surface area contributed by atoms with Gasteiger partial charge in [0.05, 0.1) is 17.8 Å². The van der Waals surface area contributed by atoms with E-state index in [1.54, 1.807) is 25.3 Å². The molecule has 1 aromatic carbocycles. The standard InChI is InChI=1S/C12H17ClO3S/c1-10-9-11(5-6-12(10)16-2)17(14,15)8-4-3-7-13/h5-6,9H,3-4,7-8H2,1-2H3. The van der Waals surface area contributed by atoms with Gasteiger partial charge < -0.3 is 4.74 Å². The van der Waals surface area contributed by atoms with Gasteiger partial charge in [-0.05, 0) is 43.5 Å². The number of hydrogen-bond acceptors (Lipinski definition) is 3. The SMILES string of the molecule is COc1ccc(S(=O)(=O)CCCCCl)cc1C. The van der Waals surface area contributed by atoms with Crippen LogP contribution in [-0.4, -0.2) is 27.2 Å². The predicted octanol–water partition coefficient (Wildman–Crippen LogP) is 2.80. The van der Waals surface area contributed by atoms with Crippen molar-refractivity contribution in [1.29, 1.82) is 0 Å². The van der Waals surface area contributed by atoms with Crippen LogP contribution in [0.2, 0.25) is 0 Å². The molecule has 0 heterocycles. The fraction of sp³-hybridized carbons (Fsp3) is 0.500. The van der Waals surface area contributed by atoms with Crippen LogP contribution in [0.5, 0.6) is 5.75 Å². The van der Waals surface area contributed by atoms with Crippen molar-refractivity contribution in [3.05, 3.63) is 23.8 Å². The number of hydrogen-bond donors (Lipinski definition) is 0. The molecule has 5 heteroatoms. The zero-order valence-corrected chi connectivity index (χ0v) is 11.6. The molecule has 0 radical (unpaired) electrons. The Hall–Kier alpha value is -0.740. The topological polar surface area (TPSA) is 43.4 Å². The molecule has 0 aromatic heterocycles. The summed E-state index contributed by atoms with van der Waals surface area (Å²) in [6.45, 7) is 1.83. The van der Waals surface area contributed by atoms with Crippen LogP contribution in [0.3, 0.4) is 0 Å². The normalized spacial score (nSPS) is 11.5. The summed E-state index contributed by atoms with van der Waals surface area (Å²) in [6, 6.07) is 4.92. The predicted molar refractivity (Wildman–Crippen MR) is 69.7 cm³/mol. The molecule has 0 N–H and O–H groups in total. The van der Waals surface area contributed by atoms with Gasteiger partial charge in [0.2, 0.25) is 0 Å². The lowest BCUT2D eigenvalue weighted by Crippen LogP contribution is -2.07. The molecule has 1 rings (SSSR count). The van der Waals surface area contributed by atoms with Gasteiger partial charge in [0.1, 0.15) is 5.75 Å². The fourth-order valence-electron chi connectivity index (χ4n) is 1.55. The minimum Gasteiger partial charge on any atom is -0.496 e. The summed E-state index contributed by atoms with van der Waals surface area (Å²) in [4.78, 5) is 0.352. The highest BCUT2D eigenvalue weighted by Gasteiger charge is 2.15. The van der Waals surface area contributed by atoms with Crippen molar-refractivity contribution >= 4 is 21.4 Å². The third-order valence-electron chi connectivity index (χ3n) is 2.52. The van der Waals surface area contributed by atoms with E-state index in [0.29, 0.717) is 22.9 Å². The molecule has 0 saturated carbocycles. The Morgan fingerprint density at radius 3 is 2.53 bits per heavy atom. The second kappa shape index (κ2) is 6.26. The van der Waals surface area contributed by atoms with E-state index < -0.39 is 9.84 Å². The number of unbranched alkanes of at least 4 members (excludes halogenated alkanes) is 1. The third kappa shape index (κ3) is 3.89. The summed E-state index contributed by atoms with van der Waals surface area (Å²) in [5, 5.41) is 0. The van der Waals surface area contributed by atoms with Crippen molar-refractivity contribution in [3.8, 4) is 5.75 Å². The van der Waals surface area contributed by atoms with Crippen LogP contribution >= 0.6 is 11.6 Å². The molecule has 0 spiro atoms. The first-order valence-electron chi connectivity index (χ1n) is 5.44. The van der Waals surface area contributed by atoms with Crippen LogP contribution in [0, 0.1) is 6.92 Å². The van der Waals surface area contributed by atoms with Crippen LogP contribution in [0.1, 0.15) is 18.4 Å². The molecule has 96 valence electrons. The second-order valence-electron chi connectivity index (χ2n) is 3.85. The van der Waals surface area contributed by atoms with Crippen LogP contribution in [0.4, 0.5) is 0 Å². The average molecular weight is 277 g/mol. The summed E-state index contributed by atoms with van der Waals surface area (Å²) >= 11 is 5.53. The Balaban J connectivity index is 2.88. The highest BCUT2D eigenvalue weighted by Crippen LogP contribution is 2.22.